The van der Waals surface area contributed by atoms with Gasteiger partial charge >= 0.3 is 0 Å². The van der Waals surface area contributed by atoms with E-state index in [1.54, 1.807) is 16.7 Å². The maximum atomic E-state index is 12.9. The van der Waals surface area contributed by atoms with Crippen LogP contribution in [0.4, 0.5) is 0 Å². The molecule has 3 aliphatic rings. The number of likely N-dealkylation sites (tertiary alicyclic amines) is 1. The molecule has 168 valence electrons. The van der Waals surface area contributed by atoms with E-state index in [4.69, 9.17) is 9.47 Å². The Morgan fingerprint density at radius 3 is 2.29 bits per heavy atom. The van der Waals surface area contributed by atoms with Gasteiger partial charge in [0.15, 0.2) is 11.5 Å². The minimum atomic E-state index is -0.0112. The average molecular weight is 430 g/mol. The summed E-state index contributed by atoms with van der Waals surface area (Å²) in [6.07, 6.45) is 3.14. The quantitative estimate of drug-likeness (QED) is 0.731. The van der Waals surface area contributed by atoms with Gasteiger partial charge in [-0.2, -0.15) is 0 Å². The van der Waals surface area contributed by atoms with Crippen LogP contribution in [0.15, 0.2) is 18.2 Å². The van der Waals surface area contributed by atoms with Crippen LogP contribution < -0.4 is 9.47 Å². The van der Waals surface area contributed by atoms with Crippen LogP contribution in [0.3, 0.4) is 0 Å². The molecule has 0 bridgehead atoms. The van der Waals surface area contributed by atoms with Crippen molar-refractivity contribution in [2.24, 2.45) is 0 Å². The number of rotatable bonds is 4. The molecule has 3 aliphatic heterocycles. The van der Waals surface area contributed by atoms with E-state index in [9.17, 15) is 14.4 Å². The minimum absolute atomic E-state index is 0.0112. The summed E-state index contributed by atoms with van der Waals surface area (Å²) in [7, 11) is 0. The van der Waals surface area contributed by atoms with Crippen molar-refractivity contribution in [3.63, 3.8) is 0 Å². The van der Waals surface area contributed by atoms with Crippen LogP contribution in [0.2, 0.25) is 0 Å². The largest absolute Gasteiger partial charge is 0.490 e. The van der Waals surface area contributed by atoms with Crippen molar-refractivity contribution in [2.45, 2.75) is 45.1 Å². The molecule has 8 nitrogen and oxygen atoms in total. The van der Waals surface area contributed by atoms with Gasteiger partial charge < -0.3 is 24.2 Å². The second-order valence-electron chi connectivity index (χ2n) is 8.39. The first-order valence-electron chi connectivity index (χ1n) is 11.3. The molecule has 0 saturated carbocycles. The van der Waals surface area contributed by atoms with E-state index >= 15 is 0 Å². The lowest BCUT2D eigenvalue weighted by atomic mass is 10.0. The summed E-state index contributed by atoms with van der Waals surface area (Å²) in [5.74, 6) is 1.55. The molecule has 3 heterocycles. The van der Waals surface area contributed by atoms with E-state index in [1.807, 2.05) is 23.1 Å². The van der Waals surface area contributed by atoms with E-state index < -0.39 is 0 Å². The molecule has 1 aromatic rings. The summed E-state index contributed by atoms with van der Waals surface area (Å²) >= 11 is 0. The third kappa shape index (κ3) is 4.94. The summed E-state index contributed by atoms with van der Waals surface area (Å²) in [6, 6.07) is 5.96. The van der Waals surface area contributed by atoms with Crippen LogP contribution in [-0.4, -0.2) is 78.4 Å². The van der Waals surface area contributed by atoms with Crippen LogP contribution in [0.1, 0.15) is 50.6 Å². The number of piperazine rings is 1. The van der Waals surface area contributed by atoms with Gasteiger partial charge in [-0.15, -0.1) is 0 Å². The topological polar surface area (TPSA) is 79.4 Å². The smallest absolute Gasteiger partial charge is 0.223 e. The Balaban J connectivity index is 1.33. The Kier molecular flexibility index (Phi) is 6.63. The zero-order chi connectivity index (χ0) is 21.8. The maximum absolute atomic E-state index is 12.9. The number of benzene rings is 1. The van der Waals surface area contributed by atoms with Gasteiger partial charge in [0, 0.05) is 58.9 Å². The molecule has 0 aliphatic carbocycles. The van der Waals surface area contributed by atoms with Gasteiger partial charge in [0.2, 0.25) is 17.7 Å². The zero-order valence-electron chi connectivity index (χ0n) is 18.2. The van der Waals surface area contributed by atoms with Gasteiger partial charge in [-0.3, -0.25) is 14.4 Å². The predicted octanol–water partition coefficient (Wildman–Crippen LogP) is 1.98. The highest BCUT2D eigenvalue weighted by molar-refractivity contribution is 5.84. The van der Waals surface area contributed by atoms with Crippen molar-refractivity contribution in [1.29, 1.82) is 0 Å². The highest BCUT2D eigenvalue weighted by atomic mass is 16.5. The third-order valence-corrected chi connectivity index (χ3v) is 6.36. The second kappa shape index (κ2) is 9.58. The van der Waals surface area contributed by atoms with Crippen molar-refractivity contribution in [3.8, 4) is 11.5 Å². The number of hydrogen-bond donors (Lipinski definition) is 0. The Bertz CT molecular complexity index is 835. The first-order valence-corrected chi connectivity index (χ1v) is 11.3. The number of hydrogen-bond acceptors (Lipinski definition) is 5. The first-order chi connectivity index (χ1) is 15.0. The monoisotopic (exact) mass is 429 g/mol. The fourth-order valence-corrected chi connectivity index (χ4v) is 4.59. The van der Waals surface area contributed by atoms with Gasteiger partial charge in [0.05, 0.1) is 19.3 Å². The Morgan fingerprint density at radius 1 is 0.871 bits per heavy atom. The van der Waals surface area contributed by atoms with Crippen molar-refractivity contribution >= 4 is 17.7 Å². The molecule has 2 fully saturated rings. The molecular formula is C23H31N3O5. The van der Waals surface area contributed by atoms with Gasteiger partial charge in [-0.25, -0.2) is 0 Å². The molecule has 0 N–H and O–H groups in total. The number of fused-ring (bicyclic) bond motifs is 1. The number of carbonyl (C=O) groups excluding carboxylic acids is 3. The molecule has 0 radical (unpaired) electrons. The Morgan fingerprint density at radius 2 is 1.55 bits per heavy atom. The highest BCUT2D eigenvalue weighted by Crippen LogP contribution is 2.38. The lowest BCUT2D eigenvalue weighted by molar-refractivity contribution is -0.140. The van der Waals surface area contributed by atoms with Gasteiger partial charge in [-0.1, -0.05) is 6.07 Å². The second-order valence-corrected chi connectivity index (χ2v) is 8.39. The fraction of sp³-hybridized carbons (Fsp3) is 0.609. The molecule has 4 rings (SSSR count). The molecule has 1 atom stereocenters. The van der Waals surface area contributed by atoms with Gasteiger partial charge in [0.25, 0.3) is 0 Å². The summed E-state index contributed by atoms with van der Waals surface area (Å²) < 4.78 is 11.5. The number of ether oxygens (including phenoxy) is 2. The SMILES string of the molecule is CC(=O)N1CCN(C(=O)CCC(=O)N2CCC[C@H]2c2ccc3c(c2)OCCCO3)CC1. The molecule has 1 aromatic carbocycles. The Labute approximate surface area is 183 Å². The van der Waals surface area contributed by atoms with Crippen molar-refractivity contribution in [1.82, 2.24) is 14.7 Å². The predicted molar refractivity (Wildman–Crippen MR) is 114 cm³/mol. The van der Waals surface area contributed by atoms with E-state index in [-0.39, 0.29) is 36.6 Å². The summed E-state index contributed by atoms with van der Waals surface area (Å²) in [5.41, 5.74) is 1.06. The van der Waals surface area contributed by atoms with Gasteiger partial charge in [0.1, 0.15) is 0 Å². The molecule has 0 unspecified atom stereocenters. The van der Waals surface area contributed by atoms with Crippen molar-refractivity contribution in [3.05, 3.63) is 23.8 Å². The lowest BCUT2D eigenvalue weighted by Crippen LogP contribution is -2.50. The van der Waals surface area contributed by atoms with E-state index in [2.05, 4.69) is 0 Å². The van der Waals surface area contributed by atoms with Crippen molar-refractivity contribution < 1.29 is 23.9 Å². The van der Waals surface area contributed by atoms with Crippen LogP contribution in [-0.2, 0) is 14.4 Å². The molecule has 2 saturated heterocycles. The molecule has 3 amide bonds. The zero-order valence-corrected chi connectivity index (χ0v) is 18.2. The average Bonchev–Trinajstić information content (AvgIpc) is 3.16. The van der Waals surface area contributed by atoms with Crippen LogP contribution in [0.25, 0.3) is 0 Å². The summed E-state index contributed by atoms with van der Waals surface area (Å²) in [4.78, 5) is 42.4. The fourth-order valence-electron chi connectivity index (χ4n) is 4.59. The molecule has 8 heteroatoms. The third-order valence-electron chi connectivity index (χ3n) is 6.36. The van der Waals surface area contributed by atoms with Crippen molar-refractivity contribution in [2.75, 3.05) is 45.9 Å². The lowest BCUT2D eigenvalue weighted by Gasteiger charge is -2.34. The number of nitrogens with zero attached hydrogens (tertiary/aromatic N) is 3. The number of carbonyl (C=O) groups is 3. The van der Waals surface area contributed by atoms with E-state index in [1.165, 1.54) is 0 Å². The van der Waals surface area contributed by atoms with E-state index in [0.29, 0.717) is 45.9 Å². The van der Waals surface area contributed by atoms with Gasteiger partial charge in [-0.05, 0) is 30.5 Å². The minimum Gasteiger partial charge on any atom is -0.490 e. The molecule has 0 aromatic heterocycles. The first kappa shape index (κ1) is 21.5. The van der Waals surface area contributed by atoms with Crippen LogP contribution >= 0.6 is 0 Å². The summed E-state index contributed by atoms with van der Waals surface area (Å²) in [6.45, 7) is 5.74. The number of amides is 3. The van der Waals surface area contributed by atoms with Crippen LogP contribution in [0, 0.1) is 0 Å². The highest BCUT2D eigenvalue weighted by Gasteiger charge is 2.31. The standard InChI is InChI=1S/C23H31N3O5/c1-17(27)24-10-12-25(13-11-24)22(28)7-8-23(29)26-9-2-4-19(26)18-5-6-20-21(16-18)31-15-3-14-30-20/h5-6,16,19H,2-4,7-15H2,1H3/t19-/m0/s1. The molecule has 0 spiro atoms. The summed E-state index contributed by atoms with van der Waals surface area (Å²) in [5, 5.41) is 0. The maximum Gasteiger partial charge on any atom is 0.223 e. The molecule has 31 heavy (non-hydrogen) atoms. The van der Waals surface area contributed by atoms with Crippen LogP contribution in [0.5, 0.6) is 11.5 Å². The Hall–Kier alpha value is -2.77. The molecular weight excluding hydrogens is 398 g/mol. The normalized spacial score (nSPS) is 21.1. The van der Waals surface area contributed by atoms with E-state index in [0.717, 1.165) is 36.3 Å².